The number of aromatic nitrogens is 4. The van der Waals surface area contributed by atoms with E-state index < -0.39 is 0 Å². The van der Waals surface area contributed by atoms with Gasteiger partial charge in [0, 0.05) is 5.56 Å². The molecule has 27 heavy (non-hydrogen) atoms. The topological polar surface area (TPSA) is 92.3 Å². The van der Waals surface area contributed by atoms with Crippen molar-refractivity contribution in [2.75, 3.05) is 14.2 Å². The summed E-state index contributed by atoms with van der Waals surface area (Å²) in [6, 6.07) is 12.5. The van der Waals surface area contributed by atoms with Crippen LogP contribution in [-0.2, 0) is 6.54 Å². The highest BCUT2D eigenvalue weighted by atomic mass is 16.5. The lowest BCUT2D eigenvalue weighted by atomic mass is 10.2. The first-order chi connectivity index (χ1) is 13.2. The molecule has 2 aromatic carbocycles. The summed E-state index contributed by atoms with van der Waals surface area (Å²) < 4.78 is 17.3. The standard InChI is InChI=1S/C19H16N4O4/c1-25-15-8-7-12(9-16(15)26-2)18-21-17(27-22-18)10-23-11-20-14-6-4-3-5-13(14)19(23)24/h3-9,11H,10H2,1-2H3. The normalized spacial score (nSPS) is 10.9. The van der Waals surface area contributed by atoms with Gasteiger partial charge in [0.25, 0.3) is 5.56 Å². The molecular formula is C19H16N4O4. The summed E-state index contributed by atoms with van der Waals surface area (Å²) in [6.45, 7) is 0.136. The molecule has 136 valence electrons. The fourth-order valence-corrected chi connectivity index (χ4v) is 2.78. The average molecular weight is 364 g/mol. The third-order valence-electron chi connectivity index (χ3n) is 4.15. The van der Waals surface area contributed by atoms with Gasteiger partial charge in [-0.15, -0.1) is 0 Å². The van der Waals surface area contributed by atoms with Crippen LogP contribution in [0.15, 0.2) is 58.1 Å². The first-order valence-corrected chi connectivity index (χ1v) is 8.19. The lowest BCUT2D eigenvalue weighted by Crippen LogP contribution is -2.21. The van der Waals surface area contributed by atoms with E-state index in [1.165, 1.54) is 10.9 Å². The molecule has 2 aromatic heterocycles. The van der Waals surface area contributed by atoms with Crippen molar-refractivity contribution in [3.63, 3.8) is 0 Å². The summed E-state index contributed by atoms with van der Waals surface area (Å²) in [5.74, 6) is 1.88. The Morgan fingerprint density at radius 2 is 1.89 bits per heavy atom. The Kier molecular flexibility index (Phi) is 4.29. The predicted molar refractivity (Wildman–Crippen MR) is 97.9 cm³/mol. The zero-order valence-corrected chi connectivity index (χ0v) is 14.7. The van der Waals surface area contributed by atoms with Crippen LogP contribution >= 0.6 is 0 Å². The molecule has 0 saturated carbocycles. The van der Waals surface area contributed by atoms with Crippen molar-refractivity contribution in [3.05, 3.63) is 65.0 Å². The zero-order valence-electron chi connectivity index (χ0n) is 14.7. The van der Waals surface area contributed by atoms with Gasteiger partial charge >= 0.3 is 0 Å². The first-order valence-electron chi connectivity index (χ1n) is 8.19. The second-order valence-corrected chi connectivity index (χ2v) is 5.78. The molecule has 4 aromatic rings. The van der Waals surface area contributed by atoms with Gasteiger partial charge in [-0.05, 0) is 30.3 Å². The molecule has 0 spiro atoms. The minimum Gasteiger partial charge on any atom is -0.493 e. The van der Waals surface area contributed by atoms with Gasteiger partial charge < -0.3 is 14.0 Å². The van der Waals surface area contributed by atoms with Crippen LogP contribution in [0.3, 0.4) is 0 Å². The highest BCUT2D eigenvalue weighted by molar-refractivity contribution is 5.76. The SMILES string of the molecule is COc1ccc(-c2noc(Cn3cnc4ccccc4c3=O)n2)cc1OC. The van der Waals surface area contributed by atoms with Crippen LogP contribution < -0.4 is 15.0 Å². The molecule has 0 radical (unpaired) electrons. The van der Waals surface area contributed by atoms with Crippen molar-refractivity contribution in [1.82, 2.24) is 19.7 Å². The van der Waals surface area contributed by atoms with Crippen molar-refractivity contribution in [2.24, 2.45) is 0 Å². The lowest BCUT2D eigenvalue weighted by Gasteiger charge is -2.07. The molecule has 0 saturated heterocycles. The van der Waals surface area contributed by atoms with E-state index in [1.54, 1.807) is 50.6 Å². The minimum atomic E-state index is -0.161. The summed E-state index contributed by atoms with van der Waals surface area (Å²) in [6.07, 6.45) is 1.48. The zero-order chi connectivity index (χ0) is 18.8. The lowest BCUT2D eigenvalue weighted by molar-refractivity contribution is 0.355. The van der Waals surface area contributed by atoms with Crippen molar-refractivity contribution in [3.8, 4) is 22.9 Å². The monoisotopic (exact) mass is 364 g/mol. The van der Waals surface area contributed by atoms with E-state index in [4.69, 9.17) is 14.0 Å². The van der Waals surface area contributed by atoms with Gasteiger partial charge in [0.2, 0.25) is 11.7 Å². The molecule has 8 heteroatoms. The second-order valence-electron chi connectivity index (χ2n) is 5.78. The van der Waals surface area contributed by atoms with Crippen molar-refractivity contribution < 1.29 is 14.0 Å². The van der Waals surface area contributed by atoms with Crippen LogP contribution in [0.2, 0.25) is 0 Å². The Morgan fingerprint density at radius 3 is 2.70 bits per heavy atom. The number of ether oxygens (including phenoxy) is 2. The van der Waals surface area contributed by atoms with Crippen LogP contribution in [0, 0.1) is 0 Å². The maximum absolute atomic E-state index is 12.6. The second kappa shape index (κ2) is 6.91. The predicted octanol–water partition coefficient (Wildman–Crippen LogP) is 2.51. The summed E-state index contributed by atoms with van der Waals surface area (Å²) in [4.78, 5) is 21.2. The maximum Gasteiger partial charge on any atom is 0.261 e. The number of hydrogen-bond acceptors (Lipinski definition) is 7. The number of fused-ring (bicyclic) bond motifs is 1. The maximum atomic E-state index is 12.6. The van der Waals surface area contributed by atoms with Gasteiger partial charge in [-0.1, -0.05) is 17.3 Å². The summed E-state index contributed by atoms with van der Waals surface area (Å²) in [7, 11) is 3.13. The van der Waals surface area contributed by atoms with E-state index in [0.29, 0.717) is 39.7 Å². The van der Waals surface area contributed by atoms with E-state index >= 15 is 0 Å². The van der Waals surface area contributed by atoms with Gasteiger partial charge in [-0.2, -0.15) is 4.98 Å². The van der Waals surface area contributed by atoms with Crippen LogP contribution in [-0.4, -0.2) is 33.9 Å². The van der Waals surface area contributed by atoms with Crippen LogP contribution in [0.4, 0.5) is 0 Å². The van der Waals surface area contributed by atoms with Crippen molar-refractivity contribution >= 4 is 10.9 Å². The smallest absolute Gasteiger partial charge is 0.261 e. The van der Waals surface area contributed by atoms with Crippen molar-refractivity contribution in [1.29, 1.82) is 0 Å². The molecule has 0 aliphatic heterocycles. The fraction of sp³-hybridized carbons (Fsp3) is 0.158. The molecule has 0 aliphatic carbocycles. The fourth-order valence-electron chi connectivity index (χ4n) is 2.78. The summed E-state index contributed by atoms with van der Waals surface area (Å²) in [5, 5.41) is 4.53. The van der Waals surface area contributed by atoms with Gasteiger partial charge in [0.1, 0.15) is 6.54 Å². The third-order valence-corrected chi connectivity index (χ3v) is 4.15. The summed E-state index contributed by atoms with van der Waals surface area (Å²) >= 11 is 0. The largest absolute Gasteiger partial charge is 0.493 e. The number of hydrogen-bond donors (Lipinski definition) is 0. The third kappa shape index (κ3) is 3.12. The van der Waals surface area contributed by atoms with E-state index in [9.17, 15) is 4.79 Å². The number of para-hydroxylation sites is 1. The Bertz CT molecular complexity index is 1170. The molecule has 0 aliphatic rings. The Hall–Kier alpha value is -3.68. The van der Waals surface area contributed by atoms with E-state index in [2.05, 4.69) is 15.1 Å². The van der Waals surface area contributed by atoms with Gasteiger partial charge in [0.15, 0.2) is 11.5 Å². The van der Waals surface area contributed by atoms with E-state index in [1.807, 2.05) is 6.07 Å². The molecule has 0 amide bonds. The molecule has 4 rings (SSSR count). The summed E-state index contributed by atoms with van der Waals surface area (Å²) in [5.41, 5.74) is 1.20. The highest BCUT2D eigenvalue weighted by Gasteiger charge is 2.13. The quantitative estimate of drug-likeness (QED) is 0.537. The Labute approximate surface area is 154 Å². The van der Waals surface area contributed by atoms with Crippen LogP contribution in [0.25, 0.3) is 22.3 Å². The molecule has 0 unspecified atom stereocenters. The number of rotatable bonds is 5. The number of nitrogens with zero attached hydrogens (tertiary/aromatic N) is 4. The van der Waals surface area contributed by atoms with Crippen LogP contribution in [0.5, 0.6) is 11.5 Å². The van der Waals surface area contributed by atoms with Gasteiger partial charge in [-0.3, -0.25) is 9.36 Å². The minimum absolute atomic E-state index is 0.136. The number of benzene rings is 2. The molecule has 0 atom stereocenters. The van der Waals surface area contributed by atoms with E-state index in [0.717, 1.165) is 0 Å². The first kappa shape index (κ1) is 16.8. The molecule has 0 bridgehead atoms. The molecule has 0 fully saturated rings. The highest BCUT2D eigenvalue weighted by Crippen LogP contribution is 2.31. The molecular weight excluding hydrogens is 348 g/mol. The molecule has 8 nitrogen and oxygen atoms in total. The van der Waals surface area contributed by atoms with Gasteiger partial charge in [0.05, 0.1) is 31.4 Å². The molecule has 2 heterocycles. The molecule has 0 N–H and O–H groups in total. The van der Waals surface area contributed by atoms with Gasteiger partial charge in [-0.25, -0.2) is 4.98 Å². The van der Waals surface area contributed by atoms with Crippen molar-refractivity contribution in [2.45, 2.75) is 6.54 Å². The Balaban J connectivity index is 1.64. The van der Waals surface area contributed by atoms with E-state index in [-0.39, 0.29) is 12.1 Å². The van der Waals surface area contributed by atoms with Crippen LogP contribution in [0.1, 0.15) is 5.89 Å². The number of methoxy groups -OCH3 is 2. The Morgan fingerprint density at radius 1 is 1.07 bits per heavy atom. The average Bonchev–Trinajstić information content (AvgIpc) is 3.18.